The van der Waals surface area contributed by atoms with Gasteiger partial charge in [0.2, 0.25) is 0 Å². The van der Waals surface area contributed by atoms with E-state index < -0.39 is 0 Å². The van der Waals surface area contributed by atoms with Crippen molar-refractivity contribution in [3.8, 4) is 17.2 Å². The molecule has 0 unspecified atom stereocenters. The molecule has 0 aromatic heterocycles. The second-order valence-corrected chi connectivity index (χ2v) is 4.07. The van der Waals surface area contributed by atoms with Crippen molar-refractivity contribution < 1.29 is 9.84 Å². The van der Waals surface area contributed by atoms with Gasteiger partial charge in [0.25, 0.3) is 0 Å². The maximum Gasteiger partial charge on any atom is 0.137 e. The number of aryl methyl sites for hydroxylation is 1. The van der Waals surface area contributed by atoms with E-state index >= 15 is 0 Å². The molecule has 0 aliphatic heterocycles. The number of phenols is 1. The number of hydrogen-bond acceptors (Lipinski definition) is 2. The smallest absolute Gasteiger partial charge is 0.137 e. The molecule has 0 bridgehead atoms. The highest BCUT2D eigenvalue weighted by Gasteiger charge is 2.11. The van der Waals surface area contributed by atoms with Gasteiger partial charge in [0.05, 0.1) is 0 Å². The summed E-state index contributed by atoms with van der Waals surface area (Å²) in [4.78, 5) is 0. The van der Waals surface area contributed by atoms with Crippen LogP contribution in [0.5, 0.6) is 17.2 Å². The molecule has 0 fully saturated rings. The van der Waals surface area contributed by atoms with Crippen LogP contribution in [-0.2, 0) is 0 Å². The number of aromatic hydroxyl groups is 1. The van der Waals surface area contributed by atoms with Crippen LogP contribution in [0.25, 0.3) is 0 Å². The van der Waals surface area contributed by atoms with E-state index in [2.05, 4.69) is 6.92 Å². The summed E-state index contributed by atoms with van der Waals surface area (Å²) >= 11 is 0. The predicted octanol–water partition coefficient (Wildman–Crippen LogP) is 3.98. The molecular formula is C15H15O2. The van der Waals surface area contributed by atoms with Crippen molar-refractivity contribution in [3.63, 3.8) is 0 Å². The fourth-order valence-corrected chi connectivity index (χ4v) is 1.79. The van der Waals surface area contributed by atoms with E-state index in [1.807, 2.05) is 50.2 Å². The zero-order valence-electron chi connectivity index (χ0n) is 10.0. The Labute approximate surface area is 101 Å². The second kappa shape index (κ2) is 4.50. The largest absolute Gasteiger partial charge is 0.507 e. The van der Waals surface area contributed by atoms with Crippen LogP contribution in [0.3, 0.4) is 0 Å². The lowest BCUT2D eigenvalue weighted by atomic mass is 10.0. The number of hydrogen-bond donors (Lipinski definition) is 1. The van der Waals surface area contributed by atoms with Gasteiger partial charge in [0, 0.05) is 5.56 Å². The maximum atomic E-state index is 9.88. The SMILES string of the molecule is [CH2]c1cc(C)c(O)c(C)c1Oc1ccccc1. The minimum Gasteiger partial charge on any atom is -0.507 e. The van der Waals surface area contributed by atoms with Crippen molar-refractivity contribution in [3.05, 3.63) is 60.0 Å². The predicted molar refractivity (Wildman–Crippen MR) is 68.6 cm³/mol. The van der Waals surface area contributed by atoms with E-state index in [-0.39, 0.29) is 5.75 Å². The summed E-state index contributed by atoms with van der Waals surface area (Å²) in [6, 6.07) is 11.3. The average Bonchev–Trinajstić information content (AvgIpc) is 2.33. The van der Waals surface area contributed by atoms with Crippen LogP contribution < -0.4 is 4.74 Å². The summed E-state index contributed by atoms with van der Waals surface area (Å²) in [6.07, 6.45) is 0. The van der Waals surface area contributed by atoms with Crippen molar-refractivity contribution in [2.24, 2.45) is 0 Å². The molecule has 0 aliphatic rings. The summed E-state index contributed by atoms with van der Waals surface area (Å²) in [7, 11) is 0. The van der Waals surface area contributed by atoms with Crippen molar-refractivity contribution in [2.75, 3.05) is 0 Å². The molecule has 2 aromatic rings. The monoisotopic (exact) mass is 227 g/mol. The summed E-state index contributed by atoms with van der Waals surface area (Å²) < 4.78 is 5.75. The fourth-order valence-electron chi connectivity index (χ4n) is 1.79. The Balaban J connectivity index is 2.43. The van der Waals surface area contributed by atoms with Crippen LogP contribution in [0.1, 0.15) is 16.7 Å². The van der Waals surface area contributed by atoms with Crippen LogP contribution in [0, 0.1) is 20.8 Å². The van der Waals surface area contributed by atoms with Crippen molar-refractivity contribution in [1.29, 1.82) is 0 Å². The lowest BCUT2D eigenvalue weighted by molar-refractivity contribution is 0.444. The van der Waals surface area contributed by atoms with Gasteiger partial charge in [-0.2, -0.15) is 0 Å². The molecule has 2 heteroatoms. The van der Waals surface area contributed by atoms with Gasteiger partial charge in [-0.05, 0) is 50.1 Å². The summed E-state index contributed by atoms with van der Waals surface area (Å²) in [5, 5.41) is 9.88. The molecule has 0 aliphatic carbocycles. The highest BCUT2D eigenvalue weighted by atomic mass is 16.5. The third-order valence-electron chi connectivity index (χ3n) is 2.71. The van der Waals surface area contributed by atoms with Gasteiger partial charge in [0.1, 0.15) is 17.2 Å². The van der Waals surface area contributed by atoms with Gasteiger partial charge in [0.15, 0.2) is 0 Å². The zero-order valence-corrected chi connectivity index (χ0v) is 10.0. The molecular weight excluding hydrogens is 212 g/mol. The molecule has 0 heterocycles. The van der Waals surface area contributed by atoms with Gasteiger partial charge in [-0.1, -0.05) is 18.2 Å². The van der Waals surface area contributed by atoms with E-state index in [1.165, 1.54) is 0 Å². The Morgan fingerprint density at radius 1 is 1.12 bits per heavy atom. The van der Waals surface area contributed by atoms with Gasteiger partial charge >= 0.3 is 0 Å². The van der Waals surface area contributed by atoms with Crippen LogP contribution in [-0.4, -0.2) is 5.11 Å². The second-order valence-electron chi connectivity index (χ2n) is 4.07. The summed E-state index contributed by atoms with van der Waals surface area (Å²) in [6.45, 7) is 7.62. The number of benzene rings is 2. The minimum absolute atomic E-state index is 0.267. The molecule has 2 aromatic carbocycles. The molecule has 0 atom stereocenters. The van der Waals surface area contributed by atoms with Gasteiger partial charge in [-0.25, -0.2) is 0 Å². The lowest BCUT2D eigenvalue weighted by Gasteiger charge is -2.14. The van der Waals surface area contributed by atoms with Crippen LogP contribution in [0.15, 0.2) is 36.4 Å². The highest BCUT2D eigenvalue weighted by molar-refractivity contribution is 5.55. The first-order valence-corrected chi connectivity index (χ1v) is 5.47. The van der Waals surface area contributed by atoms with Crippen LogP contribution >= 0.6 is 0 Å². The Kier molecular flexibility index (Phi) is 3.05. The first-order valence-electron chi connectivity index (χ1n) is 5.47. The third kappa shape index (κ3) is 2.26. The Hall–Kier alpha value is -1.96. The molecule has 1 N–H and O–H groups in total. The number of para-hydroxylation sites is 1. The molecule has 0 saturated carbocycles. The van der Waals surface area contributed by atoms with Gasteiger partial charge < -0.3 is 9.84 Å². The molecule has 2 rings (SSSR count). The molecule has 2 nitrogen and oxygen atoms in total. The molecule has 17 heavy (non-hydrogen) atoms. The first-order chi connectivity index (χ1) is 8.09. The first kappa shape index (κ1) is 11.5. The summed E-state index contributed by atoms with van der Waals surface area (Å²) in [5.74, 6) is 1.63. The van der Waals surface area contributed by atoms with Crippen molar-refractivity contribution in [1.82, 2.24) is 0 Å². The van der Waals surface area contributed by atoms with Crippen LogP contribution in [0.2, 0.25) is 0 Å². The zero-order chi connectivity index (χ0) is 12.4. The topological polar surface area (TPSA) is 29.5 Å². The molecule has 87 valence electrons. The Bertz CT molecular complexity index is 530. The number of ether oxygens (including phenoxy) is 1. The Morgan fingerprint density at radius 2 is 1.76 bits per heavy atom. The standard InChI is InChI=1S/C15H15O2/c1-10-9-11(2)15(12(3)14(10)16)17-13-7-5-4-6-8-13/h4-9,16H,2H2,1,3H3. The van der Waals surface area contributed by atoms with E-state index in [1.54, 1.807) is 0 Å². The highest BCUT2D eigenvalue weighted by Crippen LogP contribution is 2.36. The van der Waals surface area contributed by atoms with E-state index in [9.17, 15) is 5.11 Å². The molecule has 1 radical (unpaired) electrons. The number of phenolic OH excluding ortho intramolecular Hbond substituents is 1. The lowest BCUT2D eigenvalue weighted by Crippen LogP contribution is -1.93. The third-order valence-corrected chi connectivity index (χ3v) is 2.71. The molecule has 0 amide bonds. The molecule has 0 saturated heterocycles. The van der Waals surface area contributed by atoms with Gasteiger partial charge in [-0.3, -0.25) is 0 Å². The quantitative estimate of drug-likeness (QED) is 0.840. The van der Waals surface area contributed by atoms with E-state index in [4.69, 9.17) is 4.74 Å². The maximum absolute atomic E-state index is 9.88. The van der Waals surface area contributed by atoms with E-state index in [0.717, 1.165) is 22.4 Å². The Morgan fingerprint density at radius 3 is 2.41 bits per heavy atom. The van der Waals surface area contributed by atoms with Crippen molar-refractivity contribution in [2.45, 2.75) is 13.8 Å². The average molecular weight is 227 g/mol. The normalized spacial score (nSPS) is 10.3. The van der Waals surface area contributed by atoms with Gasteiger partial charge in [-0.15, -0.1) is 0 Å². The molecule has 0 spiro atoms. The minimum atomic E-state index is 0.267. The fraction of sp³-hybridized carbons (Fsp3) is 0.133. The summed E-state index contributed by atoms with van der Waals surface area (Å²) in [5.41, 5.74) is 2.31. The van der Waals surface area contributed by atoms with Crippen LogP contribution in [0.4, 0.5) is 0 Å². The number of rotatable bonds is 2. The van der Waals surface area contributed by atoms with E-state index in [0.29, 0.717) is 5.75 Å². The van der Waals surface area contributed by atoms with Crippen molar-refractivity contribution >= 4 is 0 Å².